The fourth-order valence-corrected chi connectivity index (χ4v) is 2.17. The molecule has 0 fully saturated rings. The fourth-order valence-electron chi connectivity index (χ4n) is 2.17. The van der Waals surface area contributed by atoms with Gasteiger partial charge in [-0.25, -0.2) is 0 Å². The molecule has 7 nitrogen and oxygen atoms in total. The van der Waals surface area contributed by atoms with E-state index in [1.54, 1.807) is 7.05 Å². The second-order valence-corrected chi connectivity index (χ2v) is 5.82. The molecule has 0 saturated carbocycles. The third-order valence-electron chi connectivity index (χ3n) is 3.72. The van der Waals surface area contributed by atoms with Crippen LogP contribution in [0.25, 0.3) is 0 Å². The molecule has 0 aromatic carbocycles. The van der Waals surface area contributed by atoms with Crippen molar-refractivity contribution in [1.82, 2.24) is 16.0 Å². The number of carbonyl (C=O) groups is 3. The molecule has 0 heterocycles. The van der Waals surface area contributed by atoms with Gasteiger partial charge in [0.15, 0.2) is 0 Å². The predicted octanol–water partition coefficient (Wildman–Crippen LogP) is 0.0836. The minimum Gasteiger partial charge on any atom is -0.356 e. The van der Waals surface area contributed by atoms with Gasteiger partial charge in [-0.15, -0.1) is 0 Å². The minimum absolute atomic E-state index is 0.00328. The van der Waals surface area contributed by atoms with Gasteiger partial charge in [0.05, 0.1) is 12.1 Å². The van der Waals surface area contributed by atoms with E-state index < -0.39 is 0 Å². The van der Waals surface area contributed by atoms with Crippen LogP contribution in [0.5, 0.6) is 0 Å². The van der Waals surface area contributed by atoms with Crippen LogP contribution >= 0.6 is 0 Å². The molecule has 5 N–H and O–H groups in total. The van der Waals surface area contributed by atoms with Crippen LogP contribution in [0.1, 0.15) is 52.4 Å². The van der Waals surface area contributed by atoms with Crippen molar-refractivity contribution in [1.29, 1.82) is 0 Å². The summed E-state index contributed by atoms with van der Waals surface area (Å²) in [6.45, 7) is 4.22. The van der Waals surface area contributed by atoms with Crippen molar-refractivity contribution in [2.24, 2.45) is 5.73 Å². The molecule has 2 amide bonds. The van der Waals surface area contributed by atoms with E-state index in [2.05, 4.69) is 16.0 Å². The Balaban J connectivity index is 3.76. The molecule has 0 aromatic rings. The quantitative estimate of drug-likeness (QED) is 0.358. The summed E-state index contributed by atoms with van der Waals surface area (Å²) in [5.74, 6) is -0.0381. The van der Waals surface area contributed by atoms with Gasteiger partial charge in [-0.1, -0.05) is 0 Å². The molecule has 134 valence electrons. The molecule has 0 rings (SSSR count). The van der Waals surface area contributed by atoms with Gasteiger partial charge in [-0.3, -0.25) is 14.4 Å². The highest BCUT2D eigenvalue weighted by Gasteiger charge is 2.15. The molecule has 2 atom stereocenters. The molecule has 7 heteroatoms. The molecule has 23 heavy (non-hydrogen) atoms. The lowest BCUT2D eigenvalue weighted by Crippen LogP contribution is -2.43. The van der Waals surface area contributed by atoms with Gasteiger partial charge < -0.3 is 21.7 Å². The highest BCUT2D eigenvalue weighted by Crippen LogP contribution is 2.02. The minimum atomic E-state index is -0.389. The van der Waals surface area contributed by atoms with Gasteiger partial charge >= 0.3 is 0 Å². The topological polar surface area (TPSA) is 113 Å². The number of nitrogens with one attached hydrogen (secondary N) is 3. The van der Waals surface area contributed by atoms with Crippen LogP contribution < -0.4 is 21.7 Å². The first-order chi connectivity index (χ1) is 10.9. The first-order valence-electron chi connectivity index (χ1n) is 8.34. The predicted molar refractivity (Wildman–Crippen MR) is 90.9 cm³/mol. The number of hydrogen-bond donors (Lipinski definition) is 4. The van der Waals surface area contributed by atoms with Crippen LogP contribution in [-0.4, -0.2) is 49.8 Å². The van der Waals surface area contributed by atoms with Crippen molar-refractivity contribution in [3.8, 4) is 0 Å². The zero-order chi connectivity index (χ0) is 17.7. The van der Waals surface area contributed by atoms with Crippen molar-refractivity contribution >= 4 is 17.6 Å². The van der Waals surface area contributed by atoms with Crippen LogP contribution in [0, 0.1) is 0 Å². The van der Waals surface area contributed by atoms with Crippen LogP contribution in [0.3, 0.4) is 0 Å². The Bertz CT molecular complexity index is 374. The number of ketones is 1. The molecule has 0 unspecified atom stereocenters. The molecular formula is C16H32N4O3. The van der Waals surface area contributed by atoms with Gasteiger partial charge in [0, 0.05) is 20.0 Å². The summed E-state index contributed by atoms with van der Waals surface area (Å²) in [6, 6.07) is -0.605. The monoisotopic (exact) mass is 328 g/mol. The zero-order valence-electron chi connectivity index (χ0n) is 14.6. The summed E-state index contributed by atoms with van der Waals surface area (Å²) >= 11 is 0. The van der Waals surface area contributed by atoms with E-state index in [0.717, 1.165) is 32.1 Å². The van der Waals surface area contributed by atoms with Gasteiger partial charge in [0.25, 0.3) is 0 Å². The molecule has 0 bridgehead atoms. The van der Waals surface area contributed by atoms with E-state index in [9.17, 15) is 14.4 Å². The first kappa shape index (κ1) is 21.5. The lowest BCUT2D eigenvalue weighted by atomic mass is 10.1. The molecule has 0 saturated heterocycles. The Kier molecular flexibility index (Phi) is 12.2. The van der Waals surface area contributed by atoms with Crippen LogP contribution in [0.15, 0.2) is 0 Å². The average molecular weight is 328 g/mol. The molecule has 0 aliphatic carbocycles. The smallest absolute Gasteiger partial charge is 0.237 e. The van der Waals surface area contributed by atoms with Crippen molar-refractivity contribution in [3.63, 3.8) is 0 Å². The fraction of sp³-hybridized carbons (Fsp3) is 0.812. The largest absolute Gasteiger partial charge is 0.356 e. The molecular weight excluding hydrogens is 296 g/mol. The molecule has 0 aliphatic heterocycles. The number of Topliss-reactive ketones (excluding diaryl/α,β-unsaturated/α-hetero) is 1. The number of hydrogen-bond acceptors (Lipinski definition) is 5. The third kappa shape index (κ3) is 11.7. The molecule has 0 spiro atoms. The Morgan fingerprint density at radius 2 is 1.48 bits per heavy atom. The van der Waals surface area contributed by atoms with E-state index in [1.807, 2.05) is 0 Å². The zero-order valence-corrected chi connectivity index (χ0v) is 14.6. The summed E-state index contributed by atoms with van der Waals surface area (Å²) in [4.78, 5) is 33.8. The number of rotatable bonds is 13. The summed E-state index contributed by atoms with van der Waals surface area (Å²) in [7, 11) is 1.77. The van der Waals surface area contributed by atoms with Crippen LogP contribution in [0.2, 0.25) is 0 Å². The van der Waals surface area contributed by atoms with Crippen molar-refractivity contribution < 1.29 is 14.4 Å². The summed E-state index contributed by atoms with van der Waals surface area (Å²) < 4.78 is 0. The standard InChI is InChI=1S/C16H32N4O3/c1-12(21)14(17)8-4-6-11-20-16(23)15(18-3)9-5-7-10-19-13(2)22/h14-15,18H,4-11,17H2,1-3H3,(H,19,22)(H,20,23)/t14-,15-/m0/s1. The van der Waals surface area contributed by atoms with Crippen molar-refractivity contribution in [2.75, 3.05) is 20.1 Å². The number of amides is 2. The average Bonchev–Trinajstić information content (AvgIpc) is 2.49. The third-order valence-corrected chi connectivity index (χ3v) is 3.72. The Morgan fingerprint density at radius 3 is 2.00 bits per heavy atom. The number of likely N-dealkylation sites (N-methyl/N-ethyl adjacent to an activating group) is 1. The van der Waals surface area contributed by atoms with Crippen molar-refractivity contribution in [3.05, 3.63) is 0 Å². The molecule has 0 radical (unpaired) electrons. The van der Waals surface area contributed by atoms with E-state index in [0.29, 0.717) is 19.5 Å². The lowest BCUT2D eigenvalue weighted by Gasteiger charge is -2.16. The Labute approximate surface area is 139 Å². The maximum atomic E-state index is 12.0. The van der Waals surface area contributed by atoms with Crippen LogP contribution in [-0.2, 0) is 14.4 Å². The maximum Gasteiger partial charge on any atom is 0.237 e. The Hall–Kier alpha value is -1.47. The van der Waals surface area contributed by atoms with Gasteiger partial charge in [-0.2, -0.15) is 0 Å². The van der Waals surface area contributed by atoms with E-state index in [4.69, 9.17) is 5.73 Å². The summed E-state index contributed by atoms with van der Waals surface area (Å²) in [5, 5.41) is 8.65. The van der Waals surface area contributed by atoms with Gasteiger partial charge in [-0.05, 0) is 52.5 Å². The van der Waals surface area contributed by atoms with E-state index in [1.165, 1.54) is 13.8 Å². The number of nitrogens with two attached hydrogens (primary N) is 1. The normalized spacial score (nSPS) is 13.2. The Morgan fingerprint density at radius 1 is 0.913 bits per heavy atom. The maximum absolute atomic E-state index is 12.0. The van der Waals surface area contributed by atoms with Gasteiger partial charge in [0.2, 0.25) is 11.8 Å². The second kappa shape index (κ2) is 13.0. The summed E-state index contributed by atoms with van der Waals surface area (Å²) in [6.07, 6.45) is 4.75. The highest BCUT2D eigenvalue weighted by molar-refractivity contribution is 5.81. The van der Waals surface area contributed by atoms with Crippen molar-refractivity contribution in [2.45, 2.75) is 64.5 Å². The highest BCUT2D eigenvalue weighted by atomic mass is 16.2. The lowest BCUT2D eigenvalue weighted by molar-refractivity contribution is -0.123. The van der Waals surface area contributed by atoms with Crippen LogP contribution in [0.4, 0.5) is 0 Å². The SMILES string of the molecule is CN[C@@H](CCCCNC(C)=O)C(=O)NCCCC[C@H](N)C(C)=O. The summed E-state index contributed by atoms with van der Waals surface area (Å²) in [5.41, 5.74) is 5.65. The molecule has 0 aliphatic rings. The van der Waals surface area contributed by atoms with E-state index >= 15 is 0 Å². The number of unbranched alkanes of at least 4 members (excludes halogenated alkanes) is 2. The second-order valence-electron chi connectivity index (χ2n) is 5.82. The first-order valence-corrected chi connectivity index (χ1v) is 8.34. The van der Waals surface area contributed by atoms with E-state index in [-0.39, 0.29) is 29.7 Å². The van der Waals surface area contributed by atoms with Gasteiger partial charge in [0.1, 0.15) is 5.78 Å². The number of carbonyl (C=O) groups excluding carboxylic acids is 3. The molecule has 0 aromatic heterocycles.